The summed E-state index contributed by atoms with van der Waals surface area (Å²) in [6.07, 6.45) is -1.78. The molecule has 0 aliphatic rings. The van der Waals surface area contributed by atoms with Crippen LogP contribution in [0.2, 0.25) is 0 Å². The SMILES string of the molecule is CN(Cc1ccc(-c2ccc(C(F)(F)F)cc2)o1)CC(O)(Cn1cncn1)c1ccc(F)cc1F. The molecule has 2 aromatic carbocycles. The van der Waals surface area contributed by atoms with Crippen molar-refractivity contribution in [2.75, 3.05) is 13.6 Å². The zero-order valence-electron chi connectivity index (χ0n) is 18.5. The van der Waals surface area contributed by atoms with Crippen molar-refractivity contribution in [1.29, 1.82) is 0 Å². The van der Waals surface area contributed by atoms with E-state index in [2.05, 4.69) is 10.1 Å². The van der Waals surface area contributed by atoms with Gasteiger partial charge in [0, 0.05) is 23.7 Å². The van der Waals surface area contributed by atoms with Gasteiger partial charge < -0.3 is 9.52 Å². The van der Waals surface area contributed by atoms with E-state index in [1.54, 1.807) is 24.1 Å². The molecule has 0 saturated heterocycles. The van der Waals surface area contributed by atoms with E-state index in [9.17, 15) is 27.1 Å². The molecular weight excluding hydrogens is 471 g/mol. The number of hydrogen-bond acceptors (Lipinski definition) is 5. The van der Waals surface area contributed by atoms with E-state index < -0.39 is 29.0 Å². The predicted octanol–water partition coefficient (Wildman–Crippen LogP) is 4.85. The molecule has 0 saturated carbocycles. The number of furan rings is 1. The molecule has 0 spiro atoms. The normalized spacial score (nSPS) is 13.8. The second-order valence-corrected chi connectivity index (χ2v) is 8.26. The molecule has 6 nitrogen and oxygen atoms in total. The summed E-state index contributed by atoms with van der Waals surface area (Å²) in [5.74, 6) is -0.813. The third kappa shape index (κ3) is 5.75. The Kier molecular flexibility index (Phi) is 6.73. The second kappa shape index (κ2) is 9.59. The fourth-order valence-electron chi connectivity index (χ4n) is 3.88. The van der Waals surface area contributed by atoms with E-state index in [-0.39, 0.29) is 25.2 Å². The highest BCUT2D eigenvalue weighted by Gasteiger charge is 2.35. The van der Waals surface area contributed by atoms with Crippen molar-refractivity contribution >= 4 is 0 Å². The Balaban J connectivity index is 1.51. The van der Waals surface area contributed by atoms with E-state index in [1.165, 1.54) is 35.5 Å². The van der Waals surface area contributed by atoms with E-state index >= 15 is 0 Å². The van der Waals surface area contributed by atoms with Crippen LogP contribution in [0.15, 0.2) is 71.7 Å². The number of nitrogens with zero attached hydrogens (tertiary/aromatic N) is 4. The second-order valence-electron chi connectivity index (χ2n) is 8.26. The lowest BCUT2D eigenvalue weighted by molar-refractivity contribution is -0.137. The quantitative estimate of drug-likeness (QED) is 0.356. The fraction of sp³-hybridized carbons (Fsp3) is 0.250. The van der Waals surface area contributed by atoms with Crippen molar-refractivity contribution in [2.24, 2.45) is 0 Å². The zero-order chi connectivity index (χ0) is 25.2. The molecule has 0 amide bonds. The van der Waals surface area contributed by atoms with Crippen LogP contribution in [0.3, 0.4) is 0 Å². The molecule has 1 N–H and O–H groups in total. The Hall–Kier alpha value is -3.57. The summed E-state index contributed by atoms with van der Waals surface area (Å²) in [5, 5.41) is 15.4. The minimum Gasteiger partial charge on any atom is -0.460 e. The first-order valence-electron chi connectivity index (χ1n) is 10.5. The van der Waals surface area contributed by atoms with Gasteiger partial charge in [0.05, 0.1) is 18.7 Å². The summed E-state index contributed by atoms with van der Waals surface area (Å²) < 4.78 is 73.5. The van der Waals surface area contributed by atoms with Crippen LogP contribution in [-0.4, -0.2) is 38.4 Å². The third-order valence-corrected chi connectivity index (χ3v) is 5.44. The van der Waals surface area contributed by atoms with Crippen molar-refractivity contribution in [3.63, 3.8) is 0 Å². The molecule has 0 bridgehead atoms. The van der Waals surface area contributed by atoms with Crippen LogP contribution < -0.4 is 0 Å². The van der Waals surface area contributed by atoms with Gasteiger partial charge in [-0.3, -0.25) is 4.90 Å². The van der Waals surface area contributed by atoms with Crippen molar-refractivity contribution in [2.45, 2.75) is 24.9 Å². The standard InChI is InChI=1S/C24H21F5N4O2/c1-32(11-19-7-9-22(35-19)16-2-4-17(5-3-16)24(27,28)29)12-23(34,13-33-15-30-14-31-33)20-8-6-18(25)10-21(20)26/h2-10,14-15,34H,11-13H2,1H3. The van der Waals surface area contributed by atoms with Gasteiger partial charge in [0.15, 0.2) is 0 Å². The van der Waals surface area contributed by atoms with Gasteiger partial charge in [0.1, 0.15) is 41.4 Å². The van der Waals surface area contributed by atoms with Crippen LogP contribution in [0, 0.1) is 11.6 Å². The molecule has 35 heavy (non-hydrogen) atoms. The number of halogens is 5. The van der Waals surface area contributed by atoms with Crippen molar-refractivity contribution < 1.29 is 31.5 Å². The number of likely N-dealkylation sites (N-methyl/N-ethyl adjacent to an activating group) is 1. The highest BCUT2D eigenvalue weighted by molar-refractivity contribution is 5.58. The number of aliphatic hydroxyl groups is 1. The van der Waals surface area contributed by atoms with Crippen LogP contribution in [0.1, 0.15) is 16.9 Å². The van der Waals surface area contributed by atoms with Crippen LogP contribution in [0.4, 0.5) is 22.0 Å². The lowest BCUT2D eigenvalue weighted by Crippen LogP contribution is -2.43. The molecule has 1 unspecified atom stereocenters. The molecule has 0 aliphatic carbocycles. The molecular formula is C24H21F5N4O2. The fourth-order valence-corrected chi connectivity index (χ4v) is 3.88. The summed E-state index contributed by atoms with van der Waals surface area (Å²) in [4.78, 5) is 5.51. The van der Waals surface area contributed by atoms with Crippen molar-refractivity contribution in [1.82, 2.24) is 19.7 Å². The van der Waals surface area contributed by atoms with Gasteiger partial charge >= 0.3 is 6.18 Å². The number of benzene rings is 2. The summed E-state index contributed by atoms with van der Waals surface area (Å²) >= 11 is 0. The summed E-state index contributed by atoms with van der Waals surface area (Å²) in [6.45, 7) is -0.0241. The number of rotatable bonds is 8. The van der Waals surface area contributed by atoms with Crippen LogP contribution in [0.25, 0.3) is 11.3 Å². The first-order chi connectivity index (χ1) is 16.5. The maximum absolute atomic E-state index is 14.6. The number of hydrogen-bond donors (Lipinski definition) is 1. The average Bonchev–Trinajstić information content (AvgIpc) is 3.45. The van der Waals surface area contributed by atoms with Crippen LogP contribution in [-0.2, 0) is 24.9 Å². The molecule has 0 aliphatic heterocycles. The highest BCUT2D eigenvalue weighted by atomic mass is 19.4. The van der Waals surface area contributed by atoms with Gasteiger partial charge in [-0.25, -0.2) is 18.4 Å². The Bertz CT molecular complexity index is 1270. The topological polar surface area (TPSA) is 67.3 Å². The Morgan fingerprint density at radius 1 is 1.03 bits per heavy atom. The molecule has 1 atom stereocenters. The molecule has 0 radical (unpaired) electrons. The van der Waals surface area contributed by atoms with Crippen LogP contribution in [0.5, 0.6) is 0 Å². The van der Waals surface area contributed by atoms with Crippen molar-refractivity contribution in [3.8, 4) is 11.3 Å². The zero-order valence-corrected chi connectivity index (χ0v) is 18.5. The number of alkyl halides is 3. The Morgan fingerprint density at radius 3 is 2.40 bits per heavy atom. The molecule has 2 heterocycles. The lowest BCUT2D eigenvalue weighted by atomic mass is 9.92. The minimum atomic E-state index is -4.43. The first kappa shape index (κ1) is 24.6. The van der Waals surface area contributed by atoms with Gasteiger partial charge in [-0.2, -0.15) is 18.3 Å². The maximum Gasteiger partial charge on any atom is 0.416 e. The van der Waals surface area contributed by atoms with E-state index in [1.807, 2.05) is 0 Å². The van der Waals surface area contributed by atoms with E-state index in [0.717, 1.165) is 18.2 Å². The molecule has 2 aromatic heterocycles. The van der Waals surface area contributed by atoms with Gasteiger partial charge in [0.25, 0.3) is 0 Å². The highest BCUT2D eigenvalue weighted by Crippen LogP contribution is 2.32. The summed E-state index contributed by atoms with van der Waals surface area (Å²) in [7, 11) is 1.67. The first-order valence-corrected chi connectivity index (χ1v) is 10.5. The van der Waals surface area contributed by atoms with Gasteiger partial charge in [-0.1, -0.05) is 18.2 Å². The molecule has 4 rings (SSSR count). The maximum atomic E-state index is 14.6. The number of aromatic nitrogens is 3. The van der Waals surface area contributed by atoms with Gasteiger partial charge in [-0.05, 0) is 37.4 Å². The molecule has 4 aromatic rings. The van der Waals surface area contributed by atoms with Crippen LogP contribution >= 0.6 is 0 Å². The van der Waals surface area contributed by atoms with Gasteiger partial charge in [0.2, 0.25) is 0 Å². The van der Waals surface area contributed by atoms with Gasteiger partial charge in [-0.15, -0.1) is 0 Å². The largest absolute Gasteiger partial charge is 0.460 e. The third-order valence-electron chi connectivity index (χ3n) is 5.44. The van der Waals surface area contributed by atoms with Crippen molar-refractivity contribution in [3.05, 3.63) is 95.8 Å². The summed E-state index contributed by atoms with van der Waals surface area (Å²) in [5.41, 5.74) is -2.18. The van der Waals surface area contributed by atoms with E-state index in [4.69, 9.17) is 4.42 Å². The Morgan fingerprint density at radius 2 is 1.77 bits per heavy atom. The smallest absolute Gasteiger partial charge is 0.416 e. The minimum absolute atomic E-state index is 0.0777. The molecule has 11 heteroatoms. The monoisotopic (exact) mass is 492 g/mol. The molecule has 184 valence electrons. The summed E-state index contributed by atoms with van der Waals surface area (Å²) in [6, 6.07) is 10.8. The predicted molar refractivity (Wildman–Crippen MR) is 116 cm³/mol. The Labute approximate surface area is 197 Å². The molecule has 0 fully saturated rings. The lowest BCUT2D eigenvalue weighted by Gasteiger charge is -2.32. The average molecular weight is 492 g/mol. The van der Waals surface area contributed by atoms with E-state index in [0.29, 0.717) is 23.2 Å².